The van der Waals surface area contributed by atoms with Crippen LogP contribution in [0.25, 0.3) is 0 Å². The maximum atomic E-state index is 12.5. The predicted molar refractivity (Wildman–Crippen MR) is 98.5 cm³/mol. The van der Waals surface area contributed by atoms with Gasteiger partial charge in [0.2, 0.25) is 0 Å². The van der Waals surface area contributed by atoms with Gasteiger partial charge < -0.3 is 14.2 Å². The Balaban J connectivity index is 1.76. The summed E-state index contributed by atoms with van der Waals surface area (Å²) in [7, 11) is 0. The number of amides is 2. The first kappa shape index (κ1) is 21.1. The van der Waals surface area contributed by atoms with Crippen molar-refractivity contribution in [2.75, 3.05) is 33.0 Å². The number of fused-ring (bicyclic) bond motifs is 1. The molecule has 1 aromatic rings. The van der Waals surface area contributed by atoms with Gasteiger partial charge in [0.1, 0.15) is 13.2 Å². The Morgan fingerprint density at radius 2 is 1.63 bits per heavy atom. The van der Waals surface area contributed by atoms with Gasteiger partial charge in [-0.05, 0) is 32.4 Å². The molecule has 0 saturated carbocycles. The second kappa shape index (κ2) is 9.62. The molecular weight excluding hydrogens is 350 g/mol. The van der Waals surface area contributed by atoms with Crippen LogP contribution in [0.1, 0.15) is 54.3 Å². The fraction of sp³-hybridized carbons (Fsp3) is 0.550. The van der Waals surface area contributed by atoms with Gasteiger partial charge in [-0.2, -0.15) is 0 Å². The molecule has 1 aliphatic rings. The Kier molecular flexibility index (Phi) is 7.50. The molecule has 0 atom stereocenters. The number of imide groups is 1. The smallest absolute Gasteiger partial charge is 0.332 e. The van der Waals surface area contributed by atoms with E-state index in [2.05, 4.69) is 6.92 Å². The second-order valence-corrected chi connectivity index (χ2v) is 6.98. The zero-order valence-electron chi connectivity index (χ0n) is 16.2. The van der Waals surface area contributed by atoms with Crippen molar-refractivity contribution in [2.24, 2.45) is 0 Å². The molecule has 2 amide bonds. The van der Waals surface area contributed by atoms with Gasteiger partial charge in [0.05, 0.1) is 29.9 Å². The molecule has 1 aromatic carbocycles. The highest BCUT2D eigenvalue weighted by Gasteiger charge is 2.44. The third kappa shape index (κ3) is 5.37. The van der Waals surface area contributed by atoms with Crippen LogP contribution >= 0.6 is 0 Å². The van der Waals surface area contributed by atoms with Gasteiger partial charge in [-0.25, -0.2) is 4.79 Å². The van der Waals surface area contributed by atoms with E-state index in [-0.39, 0.29) is 31.6 Å². The van der Waals surface area contributed by atoms with Gasteiger partial charge in [-0.1, -0.05) is 25.5 Å². The molecule has 0 spiro atoms. The Morgan fingerprint density at radius 3 is 2.22 bits per heavy atom. The van der Waals surface area contributed by atoms with Gasteiger partial charge in [-0.15, -0.1) is 0 Å². The minimum Gasteiger partial charge on any atom is -0.462 e. The van der Waals surface area contributed by atoms with E-state index in [0.29, 0.717) is 24.3 Å². The van der Waals surface area contributed by atoms with Crippen molar-refractivity contribution in [2.45, 2.75) is 39.2 Å². The Hall–Kier alpha value is -2.25. The zero-order chi connectivity index (χ0) is 19.9. The van der Waals surface area contributed by atoms with Crippen LogP contribution in [0.4, 0.5) is 0 Å². The number of carbonyl (C=O) groups is 3. The quantitative estimate of drug-likeness (QED) is 0.335. The average molecular weight is 377 g/mol. The van der Waals surface area contributed by atoms with E-state index < -0.39 is 11.5 Å². The van der Waals surface area contributed by atoms with Crippen LogP contribution in [0, 0.1) is 0 Å². The third-order valence-electron chi connectivity index (χ3n) is 4.21. The van der Waals surface area contributed by atoms with Crippen molar-refractivity contribution in [1.82, 2.24) is 4.90 Å². The second-order valence-electron chi connectivity index (χ2n) is 6.98. The molecule has 2 rings (SSSR count). The van der Waals surface area contributed by atoms with Crippen molar-refractivity contribution in [3.8, 4) is 0 Å². The van der Waals surface area contributed by atoms with Crippen LogP contribution in [-0.4, -0.2) is 61.3 Å². The number of rotatable bonds is 11. The van der Waals surface area contributed by atoms with Gasteiger partial charge in [0, 0.05) is 6.61 Å². The maximum absolute atomic E-state index is 12.5. The molecular formula is C20H27NO6. The fourth-order valence-electron chi connectivity index (χ4n) is 2.79. The van der Waals surface area contributed by atoms with Gasteiger partial charge >= 0.3 is 5.97 Å². The minimum absolute atomic E-state index is 0.0283. The lowest BCUT2D eigenvalue weighted by Gasteiger charge is -2.33. The predicted octanol–water partition coefficient (Wildman–Crippen LogP) is 2.44. The molecule has 0 unspecified atom stereocenters. The SMILES string of the molecule is CCCCOCCOC(=O)COCC(C)(C)N1C(=O)c2ccccc2C1=O. The van der Waals surface area contributed by atoms with E-state index in [1.54, 1.807) is 38.1 Å². The molecule has 7 heteroatoms. The lowest BCUT2D eigenvalue weighted by Crippen LogP contribution is -2.50. The number of nitrogens with zero attached hydrogens (tertiary/aromatic N) is 1. The molecule has 1 aliphatic heterocycles. The van der Waals surface area contributed by atoms with E-state index in [1.165, 1.54) is 4.90 Å². The van der Waals surface area contributed by atoms with Gasteiger partial charge in [-0.3, -0.25) is 14.5 Å². The number of benzene rings is 1. The zero-order valence-corrected chi connectivity index (χ0v) is 16.2. The van der Waals surface area contributed by atoms with Crippen LogP contribution < -0.4 is 0 Å². The fourth-order valence-corrected chi connectivity index (χ4v) is 2.79. The molecule has 0 saturated heterocycles. The molecule has 1 heterocycles. The summed E-state index contributed by atoms with van der Waals surface area (Å²) in [6.45, 7) is 6.48. The molecule has 0 bridgehead atoms. The van der Waals surface area contributed by atoms with Crippen LogP contribution in [0.15, 0.2) is 24.3 Å². The monoisotopic (exact) mass is 377 g/mol. The largest absolute Gasteiger partial charge is 0.462 e. The molecule has 0 radical (unpaired) electrons. The molecule has 0 N–H and O–H groups in total. The molecule has 0 fully saturated rings. The average Bonchev–Trinajstić information content (AvgIpc) is 2.89. The number of carbonyl (C=O) groups excluding carboxylic acids is 3. The standard InChI is InChI=1S/C20H27NO6/c1-4-5-10-25-11-12-27-17(22)13-26-14-20(2,3)21-18(23)15-8-6-7-9-16(15)19(21)24/h6-9H,4-5,10-14H2,1-3H3. The molecule has 148 valence electrons. The minimum atomic E-state index is -0.892. The van der Waals surface area contributed by atoms with Crippen molar-refractivity contribution < 1.29 is 28.6 Å². The molecule has 27 heavy (non-hydrogen) atoms. The lowest BCUT2D eigenvalue weighted by atomic mass is 10.0. The first-order chi connectivity index (χ1) is 12.9. The van der Waals surface area contributed by atoms with Gasteiger partial charge in [0.25, 0.3) is 11.8 Å². The van der Waals surface area contributed by atoms with Crippen LogP contribution in [0.3, 0.4) is 0 Å². The maximum Gasteiger partial charge on any atom is 0.332 e. The summed E-state index contributed by atoms with van der Waals surface area (Å²) in [6, 6.07) is 6.71. The third-order valence-corrected chi connectivity index (χ3v) is 4.21. The summed E-state index contributed by atoms with van der Waals surface area (Å²) >= 11 is 0. The van der Waals surface area contributed by atoms with E-state index in [1.807, 2.05) is 0 Å². The Morgan fingerprint density at radius 1 is 1.00 bits per heavy atom. The summed E-state index contributed by atoms with van der Waals surface area (Å²) in [4.78, 5) is 38.0. The summed E-state index contributed by atoms with van der Waals surface area (Å²) in [5.74, 6) is -1.21. The number of esters is 1. The Labute approximate surface area is 159 Å². The summed E-state index contributed by atoms with van der Waals surface area (Å²) in [6.07, 6.45) is 2.03. The van der Waals surface area contributed by atoms with Crippen molar-refractivity contribution in [3.05, 3.63) is 35.4 Å². The van der Waals surface area contributed by atoms with Crippen molar-refractivity contribution in [1.29, 1.82) is 0 Å². The first-order valence-corrected chi connectivity index (χ1v) is 9.17. The topological polar surface area (TPSA) is 82.1 Å². The molecule has 7 nitrogen and oxygen atoms in total. The first-order valence-electron chi connectivity index (χ1n) is 9.17. The number of unbranched alkanes of at least 4 members (excludes halogenated alkanes) is 1. The highest BCUT2D eigenvalue weighted by molar-refractivity contribution is 6.21. The lowest BCUT2D eigenvalue weighted by molar-refractivity contribution is -0.151. The van der Waals surface area contributed by atoms with E-state index in [4.69, 9.17) is 14.2 Å². The summed E-state index contributed by atoms with van der Waals surface area (Å²) in [5, 5.41) is 0. The van der Waals surface area contributed by atoms with E-state index in [9.17, 15) is 14.4 Å². The number of hydrogen-bond acceptors (Lipinski definition) is 6. The summed E-state index contributed by atoms with van der Waals surface area (Å²) < 4.78 is 15.7. The van der Waals surface area contributed by atoms with Crippen LogP contribution in [0.5, 0.6) is 0 Å². The number of hydrogen-bond donors (Lipinski definition) is 0. The van der Waals surface area contributed by atoms with E-state index >= 15 is 0 Å². The van der Waals surface area contributed by atoms with Crippen molar-refractivity contribution >= 4 is 17.8 Å². The van der Waals surface area contributed by atoms with Crippen molar-refractivity contribution in [3.63, 3.8) is 0 Å². The number of ether oxygens (including phenoxy) is 3. The summed E-state index contributed by atoms with van der Waals surface area (Å²) in [5.41, 5.74) is -0.118. The highest BCUT2D eigenvalue weighted by Crippen LogP contribution is 2.29. The molecule has 0 aromatic heterocycles. The van der Waals surface area contributed by atoms with Crippen LogP contribution in [-0.2, 0) is 19.0 Å². The van der Waals surface area contributed by atoms with Crippen LogP contribution in [0.2, 0.25) is 0 Å². The van der Waals surface area contributed by atoms with Gasteiger partial charge in [0.15, 0.2) is 0 Å². The van der Waals surface area contributed by atoms with E-state index in [0.717, 1.165) is 12.8 Å². The molecule has 0 aliphatic carbocycles. The Bertz CT molecular complexity index is 650. The highest BCUT2D eigenvalue weighted by atomic mass is 16.6. The normalized spacial score (nSPS) is 13.8.